The van der Waals surface area contributed by atoms with Crippen molar-refractivity contribution in [1.82, 2.24) is 0 Å². The summed E-state index contributed by atoms with van der Waals surface area (Å²) in [5.74, 6) is 1.89. The molecule has 0 radical (unpaired) electrons. The van der Waals surface area contributed by atoms with Gasteiger partial charge in [0.25, 0.3) is 0 Å². The van der Waals surface area contributed by atoms with Gasteiger partial charge in [-0.25, -0.2) is 0 Å². The molecule has 3 nitrogen and oxygen atoms in total. The molecule has 3 unspecified atom stereocenters. The summed E-state index contributed by atoms with van der Waals surface area (Å²) in [5.41, 5.74) is 3.34. The molecule has 3 saturated carbocycles. The van der Waals surface area contributed by atoms with Gasteiger partial charge in [-0.1, -0.05) is 43.7 Å². The number of allylic oxidation sites excluding steroid dienone is 4. The first-order chi connectivity index (χ1) is 14.0. The van der Waals surface area contributed by atoms with E-state index < -0.39 is 11.7 Å². The lowest BCUT2D eigenvalue weighted by Gasteiger charge is -2.44. The van der Waals surface area contributed by atoms with E-state index in [0.717, 1.165) is 25.7 Å². The Hall–Kier alpha value is -0.900. The number of hydrogen-bond acceptors (Lipinski definition) is 3. The van der Waals surface area contributed by atoms with Crippen LogP contribution >= 0.6 is 0 Å². The molecule has 0 aromatic carbocycles. The lowest BCUT2D eigenvalue weighted by molar-refractivity contribution is -0.0554. The van der Waals surface area contributed by atoms with Crippen molar-refractivity contribution in [3.05, 3.63) is 35.5 Å². The highest BCUT2D eigenvalue weighted by Gasteiger charge is 2.50. The third-order valence-electron chi connectivity index (χ3n) is 8.62. The Bertz CT molecular complexity index is 683. The highest BCUT2D eigenvalue weighted by Crippen LogP contribution is 2.60. The number of fused-ring (bicyclic) bond motifs is 1. The van der Waals surface area contributed by atoms with E-state index in [1.54, 1.807) is 19.4 Å². The summed E-state index contributed by atoms with van der Waals surface area (Å²) in [7, 11) is 0. The first-order valence-corrected chi connectivity index (χ1v) is 12.2. The Kier molecular flexibility index (Phi) is 7.37. The fourth-order valence-electron chi connectivity index (χ4n) is 6.58. The van der Waals surface area contributed by atoms with Crippen molar-refractivity contribution < 1.29 is 15.3 Å². The van der Waals surface area contributed by atoms with E-state index in [0.29, 0.717) is 29.6 Å². The number of rotatable bonds is 6. The van der Waals surface area contributed by atoms with Crippen LogP contribution in [0.15, 0.2) is 35.5 Å². The van der Waals surface area contributed by atoms with Crippen molar-refractivity contribution in [2.24, 2.45) is 23.2 Å². The largest absolute Gasteiger partial charge is 0.393 e. The standard InChI is InChI=1S/C27H44O3/c1-18-8-12-22(28)17-21(18)11-10-20-7-6-16-27(5)23(13-14-24(20)27)19(2)9-15-25(29)26(3,4)30/h10-11,19,22-25,28-30H,1,6-9,12-17H2,2-5H3/b20-10+,21-11-/t19?,22-,23?,24?,25+,27+/m0/s1. The minimum absolute atomic E-state index is 0.215. The highest BCUT2D eigenvalue weighted by atomic mass is 16.3. The minimum Gasteiger partial charge on any atom is -0.393 e. The molecule has 3 rings (SSSR count). The van der Waals surface area contributed by atoms with Gasteiger partial charge in [0.2, 0.25) is 0 Å². The van der Waals surface area contributed by atoms with Gasteiger partial charge in [0.15, 0.2) is 0 Å². The molecule has 0 saturated heterocycles. The van der Waals surface area contributed by atoms with Gasteiger partial charge in [0, 0.05) is 0 Å². The molecule has 3 heteroatoms. The first kappa shape index (κ1) is 23.8. The summed E-state index contributed by atoms with van der Waals surface area (Å²) >= 11 is 0. The van der Waals surface area contributed by atoms with Gasteiger partial charge in [0.05, 0.1) is 17.8 Å². The van der Waals surface area contributed by atoms with Crippen LogP contribution in [0, 0.1) is 23.2 Å². The van der Waals surface area contributed by atoms with Crippen LogP contribution in [0.5, 0.6) is 0 Å². The molecule has 30 heavy (non-hydrogen) atoms. The fourth-order valence-corrected chi connectivity index (χ4v) is 6.58. The quantitative estimate of drug-likeness (QED) is 0.520. The average molecular weight is 417 g/mol. The van der Waals surface area contributed by atoms with E-state index >= 15 is 0 Å². The van der Waals surface area contributed by atoms with Crippen molar-refractivity contribution >= 4 is 0 Å². The summed E-state index contributed by atoms with van der Waals surface area (Å²) in [5, 5.41) is 30.3. The summed E-state index contributed by atoms with van der Waals surface area (Å²) in [6, 6.07) is 0. The normalized spacial score (nSPS) is 37.4. The second kappa shape index (κ2) is 9.30. The van der Waals surface area contributed by atoms with E-state index in [1.807, 2.05) is 0 Å². The first-order valence-electron chi connectivity index (χ1n) is 12.2. The maximum Gasteiger partial charge on any atom is 0.0849 e. The van der Waals surface area contributed by atoms with Gasteiger partial charge in [-0.15, -0.1) is 0 Å². The van der Waals surface area contributed by atoms with E-state index in [-0.39, 0.29) is 6.10 Å². The Labute approximate surface area is 184 Å². The molecule has 0 amide bonds. The molecule has 3 fully saturated rings. The molecule has 0 bridgehead atoms. The zero-order valence-corrected chi connectivity index (χ0v) is 19.7. The third kappa shape index (κ3) is 5.11. The lowest BCUT2D eigenvalue weighted by Crippen LogP contribution is -2.38. The van der Waals surface area contributed by atoms with Gasteiger partial charge in [-0.3, -0.25) is 0 Å². The molecule has 0 aromatic rings. The smallest absolute Gasteiger partial charge is 0.0849 e. The fraction of sp³-hybridized carbons (Fsp3) is 0.778. The summed E-state index contributed by atoms with van der Waals surface area (Å²) in [6.45, 7) is 12.5. The van der Waals surface area contributed by atoms with Crippen LogP contribution in [0.4, 0.5) is 0 Å². The predicted octanol–water partition coefficient (Wildman–Crippen LogP) is 5.70. The molecule has 0 aliphatic heterocycles. The SMILES string of the molecule is C=C1CC[C@H](O)C/C1=C/C=C1\CCC[C@@]2(C)C1CCC2C(C)CC[C@@H](O)C(C)(C)O. The Morgan fingerprint density at radius 1 is 1.17 bits per heavy atom. The van der Waals surface area contributed by atoms with Crippen molar-refractivity contribution in [2.45, 2.75) is 110 Å². The average Bonchev–Trinajstić information content (AvgIpc) is 3.03. The van der Waals surface area contributed by atoms with Crippen molar-refractivity contribution in [2.75, 3.05) is 0 Å². The molecule has 170 valence electrons. The number of aliphatic hydroxyl groups excluding tert-OH is 2. The Morgan fingerprint density at radius 3 is 2.60 bits per heavy atom. The summed E-state index contributed by atoms with van der Waals surface area (Å²) < 4.78 is 0. The van der Waals surface area contributed by atoms with Gasteiger partial charge < -0.3 is 15.3 Å². The van der Waals surface area contributed by atoms with Crippen molar-refractivity contribution in [1.29, 1.82) is 0 Å². The number of hydrogen-bond donors (Lipinski definition) is 3. The highest BCUT2D eigenvalue weighted by molar-refractivity contribution is 5.36. The molecule has 0 spiro atoms. The second-order valence-corrected chi connectivity index (χ2v) is 11.3. The monoisotopic (exact) mass is 416 g/mol. The van der Waals surface area contributed by atoms with Crippen LogP contribution in [0.3, 0.4) is 0 Å². The van der Waals surface area contributed by atoms with Crippen molar-refractivity contribution in [3.63, 3.8) is 0 Å². The van der Waals surface area contributed by atoms with E-state index in [2.05, 4.69) is 32.6 Å². The Balaban J connectivity index is 1.69. The van der Waals surface area contributed by atoms with E-state index in [9.17, 15) is 15.3 Å². The van der Waals surface area contributed by atoms with Crippen LogP contribution in [-0.4, -0.2) is 33.1 Å². The molecule has 3 aliphatic carbocycles. The minimum atomic E-state index is -1.02. The zero-order valence-electron chi connectivity index (χ0n) is 19.7. The second-order valence-electron chi connectivity index (χ2n) is 11.3. The van der Waals surface area contributed by atoms with E-state index in [1.165, 1.54) is 43.3 Å². The van der Waals surface area contributed by atoms with Gasteiger partial charge >= 0.3 is 0 Å². The summed E-state index contributed by atoms with van der Waals surface area (Å²) in [4.78, 5) is 0. The molecule has 0 heterocycles. The lowest BCUT2D eigenvalue weighted by atomic mass is 9.60. The Morgan fingerprint density at radius 2 is 1.90 bits per heavy atom. The predicted molar refractivity (Wildman–Crippen MR) is 124 cm³/mol. The maximum absolute atomic E-state index is 10.3. The third-order valence-corrected chi connectivity index (χ3v) is 8.62. The van der Waals surface area contributed by atoms with Crippen LogP contribution in [0.1, 0.15) is 91.9 Å². The van der Waals surface area contributed by atoms with Crippen LogP contribution in [0.25, 0.3) is 0 Å². The van der Waals surface area contributed by atoms with Gasteiger partial charge in [-0.2, -0.15) is 0 Å². The number of aliphatic hydroxyl groups is 3. The molecule has 3 N–H and O–H groups in total. The van der Waals surface area contributed by atoms with Gasteiger partial charge in [-0.05, 0) is 107 Å². The topological polar surface area (TPSA) is 60.7 Å². The van der Waals surface area contributed by atoms with Crippen molar-refractivity contribution in [3.8, 4) is 0 Å². The molecular weight excluding hydrogens is 372 g/mol. The van der Waals surface area contributed by atoms with Crippen LogP contribution < -0.4 is 0 Å². The molecular formula is C27H44O3. The van der Waals surface area contributed by atoms with E-state index in [4.69, 9.17) is 0 Å². The zero-order chi connectivity index (χ0) is 22.1. The van der Waals surface area contributed by atoms with Crippen LogP contribution in [0.2, 0.25) is 0 Å². The molecule has 0 aromatic heterocycles. The molecule has 3 aliphatic rings. The maximum atomic E-state index is 10.3. The van der Waals surface area contributed by atoms with Crippen LogP contribution in [-0.2, 0) is 0 Å². The van der Waals surface area contributed by atoms with Gasteiger partial charge in [0.1, 0.15) is 0 Å². The summed E-state index contributed by atoms with van der Waals surface area (Å²) in [6.07, 6.45) is 14.1. The molecule has 6 atom stereocenters.